The minimum absolute atomic E-state index is 0.113. The number of hydrogen-bond donors (Lipinski definition) is 2. The van der Waals surface area contributed by atoms with Crippen LogP contribution in [0, 0.1) is 23.4 Å². The molecule has 0 saturated carbocycles. The number of alkyl carbamates (subject to hydrolysis) is 1. The summed E-state index contributed by atoms with van der Waals surface area (Å²) in [4.78, 5) is 52.7. The van der Waals surface area contributed by atoms with Crippen molar-refractivity contribution < 1.29 is 46.6 Å². The SMILES string of the molecule is CCOC(=O)C(Oc1ccc(CNC(=O)C2SCCN2C(=O)CC(Cc2cc(F)c(F)cc2F)NC(=O)OC(C)(C)C)cc1)C(C)C. The second-order valence-corrected chi connectivity index (χ2v) is 13.5. The van der Waals surface area contributed by atoms with Crippen LogP contribution in [0.1, 0.15) is 59.1 Å². The molecule has 1 heterocycles. The number of rotatable bonds is 13. The third kappa shape index (κ3) is 11.4. The van der Waals surface area contributed by atoms with E-state index < -0.39 is 64.4 Å². The molecule has 1 saturated heterocycles. The fraction of sp³-hybridized carbons (Fsp3) is 0.515. The number of carbonyl (C=O) groups excluding carboxylic acids is 4. The Bertz CT molecular complexity index is 1420. The van der Waals surface area contributed by atoms with Crippen LogP contribution in [0.25, 0.3) is 0 Å². The molecule has 2 N–H and O–H groups in total. The monoisotopic (exact) mass is 681 g/mol. The molecule has 2 aromatic rings. The maximum Gasteiger partial charge on any atom is 0.407 e. The fourth-order valence-corrected chi connectivity index (χ4v) is 5.86. The number of halogens is 3. The first-order valence-corrected chi connectivity index (χ1v) is 16.4. The van der Waals surface area contributed by atoms with Gasteiger partial charge in [-0.3, -0.25) is 9.59 Å². The van der Waals surface area contributed by atoms with E-state index in [0.29, 0.717) is 23.6 Å². The van der Waals surface area contributed by atoms with Crippen molar-refractivity contribution in [2.75, 3.05) is 18.9 Å². The summed E-state index contributed by atoms with van der Waals surface area (Å²) in [6.45, 7) is 11.0. The zero-order valence-electron chi connectivity index (χ0n) is 27.4. The van der Waals surface area contributed by atoms with Crippen molar-refractivity contribution >= 4 is 35.6 Å². The third-order valence-corrected chi connectivity index (χ3v) is 8.11. The Morgan fingerprint density at radius 3 is 2.30 bits per heavy atom. The van der Waals surface area contributed by atoms with E-state index in [9.17, 15) is 32.3 Å². The van der Waals surface area contributed by atoms with Gasteiger partial charge in [0.15, 0.2) is 23.1 Å². The molecule has 47 heavy (non-hydrogen) atoms. The minimum atomic E-state index is -1.36. The van der Waals surface area contributed by atoms with E-state index in [4.69, 9.17) is 14.2 Å². The van der Waals surface area contributed by atoms with Gasteiger partial charge >= 0.3 is 12.1 Å². The van der Waals surface area contributed by atoms with Gasteiger partial charge in [-0.1, -0.05) is 26.0 Å². The normalized spacial score (nSPS) is 16.0. The number of nitrogens with one attached hydrogen (secondary N) is 2. The number of hydrogen-bond acceptors (Lipinski definition) is 8. The highest BCUT2D eigenvalue weighted by Gasteiger charge is 2.36. The molecule has 1 aliphatic heterocycles. The van der Waals surface area contributed by atoms with Gasteiger partial charge in [-0.2, -0.15) is 0 Å². The molecule has 0 aliphatic carbocycles. The smallest absolute Gasteiger partial charge is 0.407 e. The molecular formula is C33H42F3N3O7S. The van der Waals surface area contributed by atoms with Crippen LogP contribution in [0.3, 0.4) is 0 Å². The van der Waals surface area contributed by atoms with Crippen LogP contribution in [-0.4, -0.2) is 70.8 Å². The average molecular weight is 682 g/mol. The Kier molecular flexibility index (Phi) is 13.4. The van der Waals surface area contributed by atoms with Gasteiger partial charge in [0, 0.05) is 43.3 Å². The molecule has 14 heteroatoms. The van der Waals surface area contributed by atoms with E-state index in [1.807, 2.05) is 13.8 Å². The molecular weight excluding hydrogens is 639 g/mol. The molecule has 3 rings (SSSR count). The first kappa shape index (κ1) is 37.5. The van der Waals surface area contributed by atoms with Gasteiger partial charge < -0.3 is 29.7 Å². The first-order valence-electron chi connectivity index (χ1n) is 15.3. The topological polar surface area (TPSA) is 123 Å². The summed E-state index contributed by atoms with van der Waals surface area (Å²) in [5, 5.41) is 4.49. The highest BCUT2D eigenvalue weighted by atomic mass is 32.2. The lowest BCUT2D eigenvalue weighted by molar-refractivity contribution is -0.153. The summed E-state index contributed by atoms with van der Waals surface area (Å²) < 4.78 is 58.1. The van der Waals surface area contributed by atoms with Gasteiger partial charge in [0.1, 0.15) is 17.2 Å². The van der Waals surface area contributed by atoms with E-state index in [0.717, 1.165) is 5.56 Å². The Balaban J connectivity index is 1.64. The Morgan fingerprint density at radius 2 is 1.68 bits per heavy atom. The van der Waals surface area contributed by atoms with Crippen LogP contribution in [0.4, 0.5) is 18.0 Å². The summed E-state index contributed by atoms with van der Waals surface area (Å²) in [7, 11) is 0. The second-order valence-electron chi connectivity index (χ2n) is 12.3. The largest absolute Gasteiger partial charge is 0.478 e. The molecule has 10 nitrogen and oxygen atoms in total. The summed E-state index contributed by atoms with van der Waals surface area (Å²) in [6.07, 6.45) is -2.32. The average Bonchev–Trinajstić information content (AvgIpc) is 3.47. The Labute approximate surface area is 277 Å². The van der Waals surface area contributed by atoms with E-state index in [1.165, 1.54) is 16.7 Å². The highest BCUT2D eigenvalue weighted by Crippen LogP contribution is 2.26. The molecule has 3 unspecified atom stereocenters. The standard InChI is InChI=1S/C33H42F3N3O7S/c1-7-44-31(42)28(19(2)3)45-23-10-8-20(9-11-23)18-37-29(41)30-39(12-13-47-30)27(40)16-22(38-32(43)46-33(4,5)6)14-21-15-25(35)26(36)17-24(21)34/h8-11,15,17,19,22,28,30H,7,12-14,16,18H2,1-6H3,(H,37,41)(H,38,43). The zero-order valence-corrected chi connectivity index (χ0v) is 28.2. The summed E-state index contributed by atoms with van der Waals surface area (Å²) >= 11 is 1.27. The van der Waals surface area contributed by atoms with Crippen LogP contribution in [0.15, 0.2) is 36.4 Å². The maximum absolute atomic E-state index is 14.5. The minimum Gasteiger partial charge on any atom is -0.478 e. The van der Waals surface area contributed by atoms with Crippen molar-refractivity contribution in [1.82, 2.24) is 15.5 Å². The molecule has 3 amide bonds. The van der Waals surface area contributed by atoms with Crippen molar-refractivity contribution in [3.05, 3.63) is 65.0 Å². The van der Waals surface area contributed by atoms with Gasteiger partial charge in [0.25, 0.3) is 5.91 Å². The van der Waals surface area contributed by atoms with E-state index in [-0.39, 0.29) is 44.0 Å². The summed E-state index contributed by atoms with van der Waals surface area (Å²) in [5.41, 5.74) is -0.355. The van der Waals surface area contributed by atoms with Crippen LogP contribution in [0.2, 0.25) is 0 Å². The number of amides is 3. The third-order valence-electron chi connectivity index (χ3n) is 6.91. The number of nitrogens with zero attached hydrogens (tertiary/aromatic N) is 1. The summed E-state index contributed by atoms with van der Waals surface area (Å²) in [6, 6.07) is 6.89. The van der Waals surface area contributed by atoms with Crippen LogP contribution < -0.4 is 15.4 Å². The molecule has 2 aromatic carbocycles. The first-order chi connectivity index (χ1) is 22.1. The van der Waals surface area contributed by atoms with Crippen LogP contribution >= 0.6 is 11.8 Å². The van der Waals surface area contributed by atoms with Gasteiger partial charge in [-0.05, 0) is 63.4 Å². The highest BCUT2D eigenvalue weighted by molar-refractivity contribution is 8.00. The van der Waals surface area contributed by atoms with E-state index in [1.54, 1.807) is 52.0 Å². The maximum atomic E-state index is 14.5. The molecule has 1 fully saturated rings. The molecule has 0 bridgehead atoms. The quantitative estimate of drug-likeness (QED) is 0.221. The van der Waals surface area contributed by atoms with Crippen molar-refractivity contribution in [3.63, 3.8) is 0 Å². The molecule has 1 aliphatic rings. The summed E-state index contributed by atoms with van der Waals surface area (Å²) in [5.74, 6) is -4.18. The molecule has 258 valence electrons. The lowest BCUT2D eigenvalue weighted by atomic mass is 10.0. The Hall–Kier alpha value is -3.94. The predicted molar refractivity (Wildman–Crippen MR) is 170 cm³/mol. The fourth-order valence-electron chi connectivity index (χ4n) is 4.69. The van der Waals surface area contributed by atoms with Gasteiger partial charge in [0.05, 0.1) is 6.61 Å². The van der Waals surface area contributed by atoms with Crippen molar-refractivity contribution in [3.8, 4) is 5.75 Å². The number of ether oxygens (including phenoxy) is 3. The van der Waals surface area contributed by atoms with Gasteiger partial charge in [0.2, 0.25) is 5.91 Å². The lowest BCUT2D eigenvalue weighted by Crippen LogP contribution is -2.48. The predicted octanol–water partition coefficient (Wildman–Crippen LogP) is 5.11. The van der Waals surface area contributed by atoms with Gasteiger partial charge in [-0.15, -0.1) is 11.8 Å². The van der Waals surface area contributed by atoms with Crippen molar-refractivity contribution in [2.45, 2.75) is 84.0 Å². The van der Waals surface area contributed by atoms with Crippen molar-refractivity contribution in [2.24, 2.45) is 5.92 Å². The second kappa shape index (κ2) is 16.8. The number of esters is 1. The van der Waals surface area contributed by atoms with Crippen molar-refractivity contribution in [1.29, 1.82) is 0 Å². The van der Waals surface area contributed by atoms with Crippen LogP contribution in [0.5, 0.6) is 5.75 Å². The van der Waals surface area contributed by atoms with E-state index >= 15 is 0 Å². The molecule has 0 spiro atoms. The number of benzene rings is 2. The number of carbonyl (C=O) groups is 4. The lowest BCUT2D eigenvalue weighted by Gasteiger charge is -2.27. The Morgan fingerprint density at radius 1 is 1.02 bits per heavy atom. The van der Waals surface area contributed by atoms with Crippen LogP contribution in [-0.2, 0) is 36.8 Å². The molecule has 0 aromatic heterocycles. The van der Waals surface area contributed by atoms with E-state index in [2.05, 4.69) is 10.6 Å². The zero-order chi connectivity index (χ0) is 34.9. The molecule has 3 atom stereocenters. The number of thioether (sulfide) groups is 1. The van der Waals surface area contributed by atoms with Gasteiger partial charge in [-0.25, -0.2) is 22.8 Å². The molecule has 0 radical (unpaired) electrons.